The van der Waals surface area contributed by atoms with E-state index in [-0.39, 0.29) is 31.1 Å². The number of esters is 3. The molecule has 0 fully saturated rings. The Morgan fingerprint density at radius 2 is 0.528 bits per heavy atom. The van der Waals surface area contributed by atoms with Crippen molar-refractivity contribution in [3.05, 3.63) is 36.5 Å². The zero-order valence-electron chi connectivity index (χ0n) is 48.5. The Hall–Kier alpha value is -2.37. The maximum absolute atomic E-state index is 12.8. The van der Waals surface area contributed by atoms with Crippen LogP contribution >= 0.6 is 0 Å². The number of carbonyl (C=O) groups excluding carboxylic acids is 3. The summed E-state index contributed by atoms with van der Waals surface area (Å²) >= 11 is 0. The van der Waals surface area contributed by atoms with Crippen molar-refractivity contribution in [1.82, 2.24) is 0 Å². The third-order valence-corrected chi connectivity index (χ3v) is 14.3. The van der Waals surface area contributed by atoms with Gasteiger partial charge >= 0.3 is 17.9 Å². The SMILES string of the molecule is CCC/C=C\CCCCCCCC(=O)OC(COC(=O)CCCCCCCCCCC)COC(=O)CCCCCCCCCCCCCCCCCCCCCCCCC/C=C\C/C=C\CCCCCCC. The van der Waals surface area contributed by atoms with Crippen LogP contribution in [0.25, 0.3) is 0 Å². The second kappa shape index (κ2) is 61.2. The largest absolute Gasteiger partial charge is 0.462 e. The average Bonchev–Trinajstić information content (AvgIpc) is 3.38. The van der Waals surface area contributed by atoms with Gasteiger partial charge in [0.2, 0.25) is 0 Å². The summed E-state index contributed by atoms with van der Waals surface area (Å²) in [7, 11) is 0. The molecule has 0 aliphatic rings. The van der Waals surface area contributed by atoms with Crippen molar-refractivity contribution >= 4 is 17.9 Å². The lowest BCUT2D eigenvalue weighted by Crippen LogP contribution is -2.30. The predicted molar refractivity (Wildman–Crippen MR) is 312 cm³/mol. The van der Waals surface area contributed by atoms with Crippen LogP contribution in [-0.2, 0) is 28.6 Å². The number of unbranched alkanes of at least 4 members (excludes halogenated alkanes) is 42. The Labute approximate surface area is 448 Å². The van der Waals surface area contributed by atoms with Crippen LogP contribution in [0, 0.1) is 0 Å². The van der Waals surface area contributed by atoms with Gasteiger partial charge in [0.1, 0.15) is 13.2 Å². The van der Waals surface area contributed by atoms with Crippen LogP contribution in [0.15, 0.2) is 36.5 Å². The summed E-state index contributed by atoms with van der Waals surface area (Å²) in [6, 6.07) is 0. The summed E-state index contributed by atoms with van der Waals surface area (Å²) in [5.41, 5.74) is 0. The van der Waals surface area contributed by atoms with Gasteiger partial charge in [-0.2, -0.15) is 0 Å². The molecule has 0 spiro atoms. The van der Waals surface area contributed by atoms with Crippen LogP contribution in [0.2, 0.25) is 0 Å². The summed E-state index contributed by atoms with van der Waals surface area (Å²) in [4.78, 5) is 37.9. The van der Waals surface area contributed by atoms with Gasteiger partial charge in [-0.25, -0.2) is 0 Å². The fourth-order valence-corrected chi connectivity index (χ4v) is 9.54. The monoisotopic (exact) mass is 1010 g/mol. The molecule has 422 valence electrons. The molecular formula is C66H122O6. The molecule has 0 aliphatic heterocycles. The van der Waals surface area contributed by atoms with Gasteiger partial charge < -0.3 is 14.2 Å². The Morgan fingerprint density at radius 1 is 0.278 bits per heavy atom. The first kappa shape index (κ1) is 69.6. The van der Waals surface area contributed by atoms with Gasteiger partial charge in [0.15, 0.2) is 6.10 Å². The molecule has 0 N–H and O–H groups in total. The normalized spacial score (nSPS) is 12.2. The maximum atomic E-state index is 12.8. The van der Waals surface area contributed by atoms with E-state index in [9.17, 15) is 14.4 Å². The van der Waals surface area contributed by atoms with Crippen molar-refractivity contribution in [2.75, 3.05) is 13.2 Å². The van der Waals surface area contributed by atoms with Crippen molar-refractivity contribution in [3.8, 4) is 0 Å². The first-order chi connectivity index (χ1) is 35.5. The standard InChI is InChI=1S/C66H122O6/c1-4-7-10-13-16-19-21-22-23-24-25-26-27-28-29-30-31-32-33-34-35-36-37-38-39-40-41-42-43-44-45-48-50-53-56-59-65(68)71-62-63(61-70-64(67)58-55-52-49-46-18-15-12-9-6-3)72-66(69)60-57-54-51-47-20-17-14-11-8-5-2/h11,14,21-22,24-25,63H,4-10,12-13,15-20,23,26-62H2,1-3H3/b14-11-,22-21-,25-24-. The van der Waals surface area contributed by atoms with Crippen LogP contribution in [0.5, 0.6) is 0 Å². The molecule has 0 aromatic rings. The minimum atomic E-state index is -0.769. The second-order valence-electron chi connectivity index (χ2n) is 21.7. The van der Waals surface area contributed by atoms with E-state index in [4.69, 9.17) is 14.2 Å². The molecule has 0 aromatic carbocycles. The third-order valence-electron chi connectivity index (χ3n) is 14.3. The minimum absolute atomic E-state index is 0.0704. The highest BCUT2D eigenvalue weighted by atomic mass is 16.6. The minimum Gasteiger partial charge on any atom is -0.462 e. The van der Waals surface area contributed by atoms with E-state index in [0.717, 1.165) is 83.5 Å². The smallest absolute Gasteiger partial charge is 0.306 e. The maximum Gasteiger partial charge on any atom is 0.306 e. The molecule has 72 heavy (non-hydrogen) atoms. The fourth-order valence-electron chi connectivity index (χ4n) is 9.54. The van der Waals surface area contributed by atoms with E-state index in [1.54, 1.807) is 0 Å². The molecule has 0 bridgehead atoms. The van der Waals surface area contributed by atoms with E-state index in [1.807, 2.05) is 0 Å². The van der Waals surface area contributed by atoms with E-state index < -0.39 is 6.10 Å². The van der Waals surface area contributed by atoms with Crippen molar-refractivity contribution in [1.29, 1.82) is 0 Å². The summed E-state index contributed by atoms with van der Waals surface area (Å²) in [6.07, 6.45) is 74.9. The number of ether oxygens (including phenoxy) is 3. The lowest BCUT2D eigenvalue weighted by Gasteiger charge is -2.18. The number of hydrogen-bond donors (Lipinski definition) is 0. The Kier molecular flexibility index (Phi) is 59.2. The van der Waals surface area contributed by atoms with Crippen LogP contribution in [0.3, 0.4) is 0 Å². The average molecular weight is 1010 g/mol. The molecule has 0 amide bonds. The zero-order valence-corrected chi connectivity index (χ0v) is 48.5. The lowest BCUT2D eigenvalue weighted by atomic mass is 10.0. The number of hydrogen-bond acceptors (Lipinski definition) is 6. The van der Waals surface area contributed by atoms with Crippen molar-refractivity contribution < 1.29 is 28.6 Å². The van der Waals surface area contributed by atoms with Gasteiger partial charge in [0, 0.05) is 19.3 Å². The van der Waals surface area contributed by atoms with Crippen molar-refractivity contribution in [3.63, 3.8) is 0 Å². The molecule has 0 heterocycles. The van der Waals surface area contributed by atoms with Crippen molar-refractivity contribution in [2.45, 2.75) is 354 Å². The Balaban J connectivity index is 3.88. The molecule has 0 saturated carbocycles. The highest BCUT2D eigenvalue weighted by molar-refractivity contribution is 5.71. The molecule has 0 aromatic heterocycles. The molecule has 0 radical (unpaired) electrons. The topological polar surface area (TPSA) is 78.9 Å². The predicted octanol–water partition coefficient (Wildman–Crippen LogP) is 21.6. The van der Waals surface area contributed by atoms with Crippen molar-refractivity contribution in [2.24, 2.45) is 0 Å². The first-order valence-corrected chi connectivity index (χ1v) is 32.0. The second-order valence-corrected chi connectivity index (χ2v) is 21.7. The van der Waals surface area contributed by atoms with Gasteiger partial charge in [-0.15, -0.1) is 0 Å². The fraction of sp³-hybridized carbons (Fsp3) is 0.864. The number of carbonyl (C=O) groups is 3. The van der Waals surface area contributed by atoms with Crippen LogP contribution in [-0.4, -0.2) is 37.2 Å². The Bertz CT molecular complexity index is 1210. The van der Waals surface area contributed by atoms with E-state index in [0.29, 0.717) is 19.3 Å². The lowest BCUT2D eigenvalue weighted by molar-refractivity contribution is -0.167. The quantitative estimate of drug-likeness (QED) is 0.0261. The van der Waals surface area contributed by atoms with Crippen LogP contribution in [0.4, 0.5) is 0 Å². The third kappa shape index (κ3) is 58.5. The Morgan fingerprint density at radius 3 is 0.833 bits per heavy atom. The molecule has 1 unspecified atom stereocenters. The highest BCUT2D eigenvalue weighted by Gasteiger charge is 2.19. The number of allylic oxidation sites excluding steroid dienone is 6. The first-order valence-electron chi connectivity index (χ1n) is 32.0. The van der Waals surface area contributed by atoms with Gasteiger partial charge in [0.25, 0.3) is 0 Å². The summed E-state index contributed by atoms with van der Waals surface area (Å²) in [5.74, 6) is -0.867. The molecule has 0 aliphatic carbocycles. The van der Waals surface area contributed by atoms with Crippen LogP contribution < -0.4 is 0 Å². The van der Waals surface area contributed by atoms with Gasteiger partial charge in [-0.3, -0.25) is 14.4 Å². The van der Waals surface area contributed by atoms with Crippen LogP contribution in [0.1, 0.15) is 348 Å². The number of rotatable bonds is 59. The molecule has 0 saturated heterocycles. The van der Waals surface area contributed by atoms with Gasteiger partial charge in [0.05, 0.1) is 0 Å². The molecule has 6 heteroatoms. The molecule has 1 atom stereocenters. The summed E-state index contributed by atoms with van der Waals surface area (Å²) < 4.78 is 16.8. The van der Waals surface area contributed by atoms with Gasteiger partial charge in [-0.1, -0.05) is 295 Å². The van der Waals surface area contributed by atoms with E-state index >= 15 is 0 Å². The summed E-state index contributed by atoms with van der Waals surface area (Å²) in [6.45, 7) is 6.58. The van der Waals surface area contributed by atoms with E-state index in [2.05, 4.69) is 57.2 Å². The van der Waals surface area contributed by atoms with E-state index in [1.165, 1.54) is 225 Å². The summed E-state index contributed by atoms with van der Waals surface area (Å²) in [5, 5.41) is 0. The highest BCUT2D eigenvalue weighted by Crippen LogP contribution is 2.18. The molecule has 6 nitrogen and oxygen atoms in total. The van der Waals surface area contributed by atoms with Gasteiger partial charge in [-0.05, 0) is 70.6 Å². The molecular weight excluding hydrogens is 889 g/mol. The zero-order chi connectivity index (χ0) is 52.2. The molecule has 0 rings (SSSR count).